The van der Waals surface area contributed by atoms with Crippen molar-refractivity contribution < 1.29 is 4.79 Å². The van der Waals surface area contributed by atoms with Crippen LogP contribution in [0.1, 0.15) is 35.3 Å². The molecule has 0 fully saturated rings. The van der Waals surface area contributed by atoms with Crippen LogP contribution < -0.4 is 5.32 Å². The van der Waals surface area contributed by atoms with Crippen LogP contribution >= 0.6 is 0 Å². The molecule has 0 aliphatic carbocycles. The lowest BCUT2D eigenvalue weighted by Gasteiger charge is -2.10. The first-order valence-corrected chi connectivity index (χ1v) is 6.72. The van der Waals surface area contributed by atoms with E-state index in [2.05, 4.69) is 31.3 Å². The zero-order chi connectivity index (χ0) is 13.7. The van der Waals surface area contributed by atoms with Crippen LogP contribution in [0.15, 0.2) is 48.5 Å². The zero-order valence-corrected chi connectivity index (χ0v) is 11.4. The highest BCUT2D eigenvalue weighted by Gasteiger charge is 2.06. The van der Waals surface area contributed by atoms with Gasteiger partial charge < -0.3 is 5.32 Å². The van der Waals surface area contributed by atoms with Crippen LogP contribution in [0, 0.1) is 0 Å². The van der Waals surface area contributed by atoms with Gasteiger partial charge in [-0.15, -0.1) is 0 Å². The third kappa shape index (κ3) is 3.22. The SMILES string of the molecule is CCc1ccc(NC(=O)c2ccccc2)cc1CC. The van der Waals surface area contributed by atoms with Crippen LogP contribution in [0.5, 0.6) is 0 Å². The van der Waals surface area contributed by atoms with Gasteiger partial charge in [-0.1, -0.05) is 38.1 Å². The zero-order valence-electron chi connectivity index (χ0n) is 11.4. The van der Waals surface area contributed by atoms with E-state index in [0.29, 0.717) is 5.56 Å². The van der Waals surface area contributed by atoms with Crippen molar-refractivity contribution in [2.45, 2.75) is 26.7 Å². The Bertz CT molecular complexity index is 561. The molecule has 0 saturated carbocycles. The van der Waals surface area contributed by atoms with E-state index in [9.17, 15) is 4.79 Å². The van der Waals surface area contributed by atoms with E-state index in [4.69, 9.17) is 0 Å². The topological polar surface area (TPSA) is 29.1 Å². The Balaban J connectivity index is 2.18. The molecule has 2 aromatic carbocycles. The Hall–Kier alpha value is -2.09. The van der Waals surface area contributed by atoms with Gasteiger partial charge in [0, 0.05) is 11.3 Å². The molecule has 0 heterocycles. The second-order valence-corrected chi connectivity index (χ2v) is 4.51. The van der Waals surface area contributed by atoms with Gasteiger partial charge in [0.05, 0.1) is 0 Å². The number of hydrogen-bond acceptors (Lipinski definition) is 1. The standard InChI is InChI=1S/C17H19NO/c1-3-13-10-11-16(12-14(13)4-2)18-17(19)15-8-6-5-7-9-15/h5-12H,3-4H2,1-2H3,(H,18,19). The van der Waals surface area contributed by atoms with Crippen LogP contribution in [-0.2, 0) is 12.8 Å². The first-order chi connectivity index (χ1) is 9.24. The Morgan fingerprint density at radius 1 is 0.947 bits per heavy atom. The van der Waals surface area contributed by atoms with Crippen molar-refractivity contribution in [3.63, 3.8) is 0 Å². The molecule has 0 bridgehead atoms. The normalized spacial score (nSPS) is 10.2. The van der Waals surface area contributed by atoms with Crippen LogP contribution in [0.3, 0.4) is 0 Å². The first-order valence-electron chi connectivity index (χ1n) is 6.72. The summed E-state index contributed by atoms with van der Waals surface area (Å²) >= 11 is 0. The summed E-state index contributed by atoms with van der Waals surface area (Å²) in [6, 6.07) is 15.4. The number of aryl methyl sites for hydroxylation is 2. The third-order valence-corrected chi connectivity index (χ3v) is 3.26. The minimum Gasteiger partial charge on any atom is -0.322 e. The Morgan fingerprint density at radius 3 is 2.26 bits per heavy atom. The maximum atomic E-state index is 12.1. The molecule has 0 spiro atoms. The monoisotopic (exact) mass is 253 g/mol. The summed E-state index contributed by atoms with van der Waals surface area (Å²) in [5, 5.41) is 2.95. The summed E-state index contributed by atoms with van der Waals surface area (Å²) < 4.78 is 0. The van der Waals surface area contributed by atoms with Crippen molar-refractivity contribution >= 4 is 11.6 Å². The predicted octanol–water partition coefficient (Wildman–Crippen LogP) is 4.06. The van der Waals surface area contributed by atoms with E-state index >= 15 is 0 Å². The summed E-state index contributed by atoms with van der Waals surface area (Å²) in [5.41, 5.74) is 4.19. The molecule has 0 unspecified atom stereocenters. The molecule has 19 heavy (non-hydrogen) atoms. The minimum atomic E-state index is -0.0631. The molecular weight excluding hydrogens is 234 g/mol. The number of amides is 1. The molecular formula is C17H19NO. The van der Waals surface area contributed by atoms with Gasteiger partial charge in [0.15, 0.2) is 0 Å². The Morgan fingerprint density at radius 2 is 1.63 bits per heavy atom. The van der Waals surface area contributed by atoms with Crippen molar-refractivity contribution in [3.05, 3.63) is 65.2 Å². The van der Waals surface area contributed by atoms with E-state index in [1.807, 2.05) is 36.4 Å². The largest absolute Gasteiger partial charge is 0.322 e. The predicted molar refractivity (Wildman–Crippen MR) is 79.6 cm³/mol. The number of anilines is 1. The third-order valence-electron chi connectivity index (χ3n) is 3.26. The molecule has 0 aliphatic rings. The lowest BCUT2D eigenvalue weighted by atomic mass is 10.0. The van der Waals surface area contributed by atoms with E-state index in [-0.39, 0.29) is 5.91 Å². The van der Waals surface area contributed by atoms with Crippen LogP contribution in [0.25, 0.3) is 0 Å². The highest BCUT2D eigenvalue weighted by atomic mass is 16.1. The lowest BCUT2D eigenvalue weighted by Crippen LogP contribution is -2.12. The van der Waals surface area contributed by atoms with E-state index in [1.165, 1.54) is 11.1 Å². The number of hydrogen-bond donors (Lipinski definition) is 1. The molecule has 2 rings (SSSR count). The van der Waals surface area contributed by atoms with Gasteiger partial charge in [0.25, 0.3) is 5.91 Å². The average Bonchev–Trinajstić information content (AvgIpc) is 2.48. The fourth-order valence-corrected chi connectivity index (χ4v) is 2.17. The minimum absolute atomic E-state index is 0.0631. The van der Waals surface area contributed by atoms with Crippen molar-refractivity contribution in [2.75, 3.05) is 5.32 Å². The highest BCUT2D eigenvalue weighted by molar-refractivity contribution is 6.04. The fourth-order valence-electron chi connectivity index (χ4n) is 2.17. The lowest BCUT2D eigenvalue weighted by molar-refractivity contribution is 0.102. The highest BCUT2D eigenvalue weighted by Crippen LogP contribution is 2.18. The van der Waals surface area contributed by atoms with Crippen molar-refractivity contribution in [1.29, 1.82) is 0 Å². The van der Waals surface area contributed by atoms with Gasteiger partial charge >= 0.3 is 0 Å². The number of benzene rings is 2. The molecule has 0 aliphatic heterocycles. The molecule has 2 nitrogen and oxygen atoms in total. The molecule has 2 heteroatoms. The summed E-state index contributed by atoms with van der Waals surface area (Å²) in [4.78, 5) is 12.1. The van der Waals surface area contributed by atoms with Gasteiger partial charge in [-0.2, -0.15) is 0 Å². The number of carbonyl (C=O) groups excluding carboxylic acids is 1. The van der Waals surface area contributed by atoms with Crippen molar-refractivity contribution in [1.82, 2.24) is 0 Å². The van der Waals surface area contributed by atoms with E-state index in [1.54, 1.807) is 0 Å². The maximum absolute atomic E-state index is 12.1. The van der Waals surface area contributed by atoms with Crippen LogP contribution in [0.2, 0.25) is 0 Å². The maximum Gasteiger partial charge on any atom is 0.255 e. The summed E-state index contributed by atoms with van der Waals surface area (Å²) in [6.07, 6.45) is 2.01. The Labute approximate surface area is 114 Å². The molecule has 1 amide bonds. The van der Waals surface area contributed by atoms with Crippen LogP contribution in [0.4, 0.5) is 5.69 Å². The molecule has 0 radical (unpaired) electrons. The van der Waals surface area contributed by atoms with Gasteiger partial charge in [-0.05, 0) is 48.2 Å². The number of carbonyl (C=O) groups is 1. The molecule has 2 aromatic rings. The van der Waals surface area contributed by atoms with Crippen molar-refractivity contribution in [3.8, 4) is 0 Å². The molecule has 98 valence electrons. The van der Waals surface area contributed by atoms with E-state index in [0.717, 1.165) is 18.5 Å². The van der Waals surface area contributed by atoms with Gasteiger partial charge in [-0.3, -0.25) is 4.79 Å². The molecule has 0 aromatic heterocycles. The summed E-state index contributed by atoms with van der Waals surface area (Å²) in [5.74, 6) is -0.0631. The first kappa shape index (κ1) is 13.3. The molecule has 1 N–H and O–H groups in total. The smallest absolute Gasteiger partial charge is 0.255 e. The van der Waals surface area contributed by atoms with E-state index < -0.39 is 0 Å². The average molecular weight is 253 g/mol. The Kier molecular flexibility index (Phi) is 4.35. The fraction of sp³-hybridized carbons (Fsp3) is 0.235. The van der Waals surface area contributed by atoms with Crippen molar-refractivity contribution in [2.24, 2.45) is 0 Å². The van der Waals surface area contributed by atoms with Gasteiger partial charge in [0.2, 0.25) is 0 Å². The molecule has 0 atom stereocenters. The number of rotatable bonds is 4. The quantitative estimate of drug-likeness (QED) is 0.874. The second-order valence-electron chi connectivity index (χ2n) is 4.51. The molecule has 0 saturated heterocycles. The van der Waals surface area contributed by atoms with Gasteiger partial charge in [-0.25, -0.2) is 0 Å². The summed E-state index contributed by atoms with van der Waals surface area (Å²) in [7, 11) is 0. The van der Waals surface area contributed by atoms with Crippen LogP contribution in [-0.4, -0.2) is 5.91 Å². The second kappa shape index (κ2) is 6.19. The summed E-state index contributed by atoms with van der Waals surface area (Å²) in [6.45, 7) is 4.29. The van der Waals surface area contributed by atoms with Gasteiger partial charge in [0.1, 0.15) is 0 Å². The number of nitrogens with one attached hydrogen (secondary N) is 1.